The molecule has 4 rings (SSSR count). The van der Waals surface area contributed by atoms with E-state index in [0.717, 1.165) is 29.2 Å². The van der Waals surface area contributed by atoms with Crippen LogP contribution in [0, 0.1) is 5.92 Å². The third-order valence-electron chi connectivity index (χ3n) is 4.12. The molecule has 1 aromatic carbocycles. The second kappa shape index (κ2) is 4.74. The highest BCUT2D eigenvalue weighted by molar-refractivity contribution is 7.99. The molecule has 110 valence electrons. The molecule has 2 N–H and O–H groups in total. The fourth-order valence-electron chi connectivity index (χ4n) is 2.59. The van der Waals surface area contributed by atoms with Gasteiger partial charge in [-0.3, -0.25) is 0 Å². The van der Waals surface area contributed by atoms with E-state index in [9.17, 15) is 0 Å². The summed E-state index contributed by atoms with van der Waals surface area (Å²) < 4.78 is 11.4. The molecule has 1 fully saturated rings. The van der Waals surface area contributed by atoms with Crippen molar-refractivity contribution in [2.45, 2.75) is 36.3 Å². The van der Waals surface area contributed by atoms with Crippen molar-refractivity contribution >= 4 is 11.8 Å². The number of hydrogen-bond acceptors (Lipinski definition) is 6. The lowest BCUT2D eigenvalue weighted by atomic mass is 9.97. The maximum Gasteiger partial charge on any atom is 0.246 e. The van der Waals surface area contributed by atoms with Crippen LogP contribution in [0.4, 0.5) is 0 Å². The van der Waals surface area contributed by atoms with Gasteiger partial charge >= 0.3 is 0 Å². The fraction of sp³-hybridized carbons (Fsp3) is 0.467. The minimum absolute atomic E-state index is 0.183. The van der Waals surface area contributed by atoms with Gasteiger partial charge in [-0.15, -0.1) is 11.8 Å². The predicted molar refractivity (Wildman–Crippen MR) is 79.1 cm³/mol. The first-order chi connectivity index (χ1) is 10.1. The third kappa shape index (κ3) is 2.32. The first kappa shape index (κ1) is 13.2. The molecule has 1 saturated carbocycles. The van der Waals surface area contributed by atoms with Crippen LogP contribution in [0.15, 0.2) is 33.7 Å². The van der Waals surface area contributed by atoms with Crippen molar-refractivity contribution in [1.29, 1.82) is 0 Å². The fourth-order valence-corrected chi connectivity index (χ4v) is 3.57. The number of hydrogen-bond donors (Lipinski definition) is 1. The molecule has 1 aliphatic heterocycles. The number of fused-ring (bicyclic) bond motifs is 1. The molecule has 0 bridgehead atoms. The summed E-state index contributed by atoms with van der Waals surface area (Å²) in [5.74, 6) is 3.22. The Morgan fingerprint density at radius 1 is 1.33 bits per heavy atom. The molecule has 21 heavy (non-hydrogen) atoms. The highest BCUT2D eigenvalue weighted by atomic mass is 32.2. The standard InChI is InChI=1S/C15H17N3O2S/c1-15(16,9-6-7-9)14-17-13(18-20-14)11-8-21-12-5-3-2-4-10(12)19-11/h2-5,9,11H,6-8,16H2,1H3. The number of thioether (sulfide) groups is 1. The zero-order valence-corrected chi connectivity index (χ0v) is 12.6. The lowest BCUT2D eigenvalue weighted by Gasteiger charge is -2.23. The molecular weight excluding hydrogens is 286 g/mol. The quantitative estimate of drug-likeness (QED) is 0.939. The van der Waals surface area contributed by atoms with Gasteiger partial charge < -0.3 is 15.0 Å². The van der Waals surface area contributed by atoms with Crippen LogP contribution in [0.25, 0.3) is 0 Å². The van der Waals surface area contributed by atoms with E-state index in [1.807, 2.05) is 25.1 Å². The minimum Gasteiger partial charge on any atom is -0.480 e. The van der Waals surface area contributed by atoms with Crippen LogP contribution in [0.5, 0.6) is 5.75 Å². The molecule has 2 unspecified atom stereocenters. The van der Waals surface area contributed by atoms with Crippen molar-refractivity contribution in [2.24, 2.45) is 11.7 Å². The van der Waals surface area contributed by atoms with E-state index in [2.05, 4.69) is 16.2 Å². The van der Waals surface area contributed by atoms with E-state index < -0.39 is 5.54 Å². The van der Waals surface area contributed by atoms with Crippen molar-refractivity contribution in [3.8, 4) is 5.75 Å². The van der Waals surface area contributed by atoms with Gasteiger partial charge in [0.15, 0.2) is 6.10 Å². The molecule has 6 heteroatoms. The van der Waals surface area contributed by atoms with Gasteiger partial charge in [0.1, 0.15) is 5.75 Å². The zero-order chi connectivity index (χ0) is 14.4. The van der Waals surface area contributed by atoms with E-state index in [-0.39, 0.29) is 6.10 Å². The van der Waals surface area contributed by atoms with Crippen molar-refractivity contribution in [2.75, 3.05) is 5.75 Å². The number of nitrogens with two attached hydrogens (primary N) is 1. The van der Waals surface area contributed by atoms with Gasteiger partial charge in [-0.25, -0.2) is 0 Å². The first-order valence-electron chi connectivity index (χ1n) is 7.16. The number of para-hydroxylation sites is 1. The normalized spacial score (nSPS) is 24.0. The molecule has 2 heterocycles. The van der Waals surface area contributed by atoms with Gasteiger partial charge in [0.25, 0.3) is 0 Å². The molecule has 0 amide bonds. The molecule has 0 radical (unpaired) electrons. The van der Waals surface area contributed by atoms with Gasteiger partial charge in [0.2, 0.25) is 11.7 Å². The molecular formula is C15H17N3O2S. The Balaban J connectivity index is 1.57. The average Bonchev–Trinajstić information content (AvgIpc) is 3.24. The summed E-state index contributed by atoms with van der Waals surface area (Å²) in [6.07, 6.45) is 2.08. The van der Waals surface area contributed by atoms with Gasteiger partial charge in [-0.2, -0.15) is 4.98 Å². The van der Waals surface area contributed by atoms with E-state index in [4.69, 9.17) is 15.0 Å². The van der Waals surface area contributed by atoms with Gasteiger partial charge in [-0.05, 0) is 37.8 Å². The lowest BCUT2D eigenvalue weighted by molar-refractivity contribution is 0.204. The van der Waals surface area contributed by atoms with Crippen molar-refractivity contribution in [3.05, 3.63) is 36.0 Å². The van der Waals surface area contributed by atoms with Crippen molar-refractivity contribution in [3.63, 3.8) is 0 Å². The molecule has 1 aromatic heterocycles. The number of benzene rings is 1. The van der Waals surface area contributed by atoms with E-state index in [1.54, 1.807) is 11.8 Å². The Morgan fingerprint density at radius 3 is 2.95 bits per heavy atom. The summed E-state index contributed by atoms with van der Waals surface area (Å²) in [5, 5.41) is 4.08. The third-order valence-corrected chi connectivity index (χ3v) is 5.24. The smallest absolute Gasteiger partial charge is 0.246 e. The minimum atomic E-state index is -0.523. The van der Waals surface area contributed by atoms with Crippen LogP contribution in [0.3, 0.4) is 0 Å². The topological polar surface area (TPSA) is 74.2 Å². The van der Waals surface area contributed by atoms with E-state index in [1.165, 1.54) is 0 Å². The SMILES string of the molecule is CC(N)(c1nc(C2CSc3ccccc3O2)no1)C1CC1. The maximum atomic E-state index is 6.32. The van der Waals surface area contributed by atoms with Crippen LogP contribution < -0.4 is 10.5 Å². The Morgan fingerprint density at radius 2 is 2.14 bits per heavy atom. The van der Waals surface area contributed by atoms with Crippen molar-refractivity contribution < 1.29 is 9.26 Å². The highest BCUT2D eigenvalue weighted by Gasteiger charge is 2.44. The van der Waals surface area contributed by atoms with E-state index >= 15 is 0 Å². The highest BCUT2D eigenvalue weighted by Crippen LogP contribution is 2.44. The Labute approximate surface area is 127 Å². The lowest BCUT2D eigenvalue weighted by Crippen LogP contribution is -2.35. The number of nitrogens with zero attached hydrogens (tertiary/aromatic N) is 2. The van der Waals surface area contributed by atoms with Crippen LogP contribution in [0.2, 0.25) is 0 Å². The summed E-state index contributed by atoms with van der Waals surface area (Å²) in [4.78, 5) is 5.65. The molecule has 1 aliphatic carbocycles. The van der Waals surface area contributed by atoms with Crippen LogP contribution in [-0.4, -0.2) is 15.9 Å². The number of aromatic nitrogens is 2. The van der Waals surface area contributed by atoms with Crippen molar-refractivity contribution in [1.82, 2.24) is 10.1 Å². The second-order valence-electron chi connectivity index (χ2n) is 5.88. The van der Waals surface area contributed by atoms with Crippen LogP contribution >= 0.6 is 11.8 Å². The summed E-state index contributed by atoms with van der Waals surface area (Å²) >= 11 is 1.75. The predicted octanol–water partition coefficient (Wildman–Crippen LogP) is 2.88. The molecule has 0 saturated heterocycles. The van der Waals surface area contributed by atoms with Gasteiger partial charge in [-0.1, -0.05) is 17.3 Å². The number of ether oxygens (including phenoxy) is 1. The molecule has 2 atom stereocenters. The monoisotopic (exact) mass is 303 g/mol. The van der Waals surface area contributed by atoms with Gasteiger partial charge in [0, 0.05) is 10.6 Å². The number of rotatable bonds is 3. The Bertz CT molecular complexity index is 666. The first-order valence-corrected chi connectivity index (χ1v) is 8.14. The van der Waals surface area contributed by atoms with Crippen LogP contribution in [-0.2, 0) is 5.54 Å². The van der Waals surface area contributed by atoms with Gasteiger partial charge in [0.05, 0.1) is 5.54 Å². The van der Waals surface area contributed by atoms with Crippen LogP contribution in [0.1, 0.15) is 37.6 Å². The molecule has 0 spiro atoms. The largest absolute Gasteiger partial charge is 0.480 e. The summed E-state index contributed by atoms with van der Waals surface area (Å²) in [5.41, 5.74) is 5.80. The second-order valence-corrected chi connectivity index (χ2v) is 6.94. The molecule has 5 nitrogen and oxygen atoms in total. The summed E-state index contributed by atoms with van der Waals surface area (Å²) in [7, 11) is 0. The van der Waals surface area contributed by atoms with E-state index in [0.29, 0.717) is 17.6 Å². The Kier molecular flexibility index (Phi) is 2.97. The maximum absolute atomic E-state index is 6.32. The zero-order valence-electron chi connectivity index (χ0n) is 11.8. The molecule has 2 aromatic rings. The molecule has 2 aliphatic rings. The Hall–Kier alpha value is -1.53. The summed E-state index contributed by atoms with van der Waals surface area (Å²) in [6.45, 7) is 1.97. The summed E-state index contributed by atoms with van der Waals surface area (Å²) in [6, 6.07) is 8.00. The average molecular weight is 303 g/mol.